The summed E-state index contributed by atoms with van der Waals surface area (Å²) >= 11 is -0.0500. The SMILES string of the molecule is O=P[O-].O=P[O-].[OH][SnH3].[Zn+2]. The van der Waals surface area contributed by atoms with Gasteiger partial charge in [-0.15, -0.1) is 0 Å². The summed E-state index contributed by atoms with van der Waals surface area (Å²) in [7, 11) is -2.17. The zero-order chi connectivity index (χ0) is 7.41. The van der Waals surface area contributed by atoms with Gasteiger partial charge in [0.05, 0.1) is 17.4 Å². The van der Waals surface area contributed by atoms with Crippen LogP contribution < -0.4 is 9.79 Å². The van der Waals surface area contributed by atoms with Crippen molar-refractivity contribution in [1.82, 2.24) is 0 Å². The summed E-state index contributed by atoms with van der Waals surface area (Å²) in [5.41, 5.74) is 0. The van der Waals surface area contributed by atoms with Gasteiger partial charge in [-0.25, -0.2) is 0 Å². The van der Waals surface area contributed by atoms with Crippen LogP contribution in [0.5, 0.6) is 0 Å². The average molecular weight is 330 g/mol. The molecule has 0 saturated carbocycles. The normalized spacial score (nSPS) is 5.67. The summed E-state index contributed by atoms with van der Waals surface area (Å²) in [5.74, 6) is 0. The van der Waals surface area contributed by atoms with Gasteiger partial charge >= 0.3 is 45.9 Å². The molecule has 0 amide bonds. The second-order valence-electron chi connectivity index (χ2n) is 0.149. The molecule has 0 aliphatic rings. The van der Waals surface area contributed by atoms with Crippen LogP contribution in [0.2, 0.25) is 0 Å². The Balaban J connectivity index is -0.0000000202. The topological polar surface area (TPSA) is 100 Å². The third kappa shape index (κ3) is 237. The Morgan fingerprint density at radius 2 is 1.11 bits per heavy atom. The van der Waals surface area contributed by atoms with E-state index in [0.717, 1.165) is 0 Å². The Bertz CT molecular complexity index is 35.9. The van der Waals surface area contributed by atoms with Crippen molar-refractivity contribution in [1.29, 1.82) is 0 Å². The Hall–Kier alpha value is 1.50. The predicted octanol–water partition coefficient (Wildman–Crippen LogP) is -2.64. The van der Waals surface area contributed by atoms with Gasteiger partial charge in [0.25, 0.3) is 0 Å². The van der Waals surface area contributed by atoms with Gasteiger partial charge in [-0.1, -0.05) is 0 Å². The van der Waals surface area contributed by atoms with Gasteiger partial charge in [-0.05, 0) is 0 Å². The van der Waals surface area contributed by atoms with E-state index in [0.29, 0.717) is 0 Å². The fourth-order valence-corrected chi connectivity index (χ4v) is 0. The van der Waals surface area contributed by atoms with E-state index < -0.39 is 17.4 Å². The average Bonchev–Trinajstić information content (AvgIpc) is 1.75. The summed E-state index contributed by atoms with van der Waals surface area (Å²) in [4.78, 5) is 16.7. The van der Waals surface area contributed by atoms with Crippen molar-refractivity contribution < 1.29 is 41.8 Å². The first-order valence-corrected chi connectivity index (χ1v) is 5.19. The van der Waals surface area contributed by atoms with Gasteiger partial charge in [0.1, 0.15) is 0 Å². The van der Waals surface area contributed by atoms with E-state index in [1.807, 2.05) is 0 Å². The van der Waals surface area contributed by atoms with Crippen LogP contribution >= 0.6 is 17.4 Å². The molecule has 5 nitrogen and oxygen atoms in total. The molecule has 9 heteroatoms. The summed E-state index contributed by atoms with van der Waals surface area (Å²) < 4.78 is 23.9. The van der Waals surface area contributed by atoms with Crippen molar-refractivity contribution in [2.75, 3.05) is 0 Å². The van der Waals surface area contributed by atoms with E-state index in [2.05, 4.69) is 0 Å². The van der Waals surface area contributed by atoms with Gasteiger partial charge in [0.15, 0.2) is 0 Å². The summed E-state index contributed by atoms with van der Waals surface area (Å²) in [6.45, 7) is 0. The summed E-state index contributed by atoms with van der Waals surface area (Å²) in [6, 6.07) is 0. The maximum absolute atomic E-state index is 8.35. The van der Waals surface area contributed by atoms with Crippen LogP contribution in [0, 0.1) is 0 Å². The van der Waals surface area contributed by atoms with E-state index in [1.165, 1.54) is 0 Å². The fourth-order valence-electron chi connectivity index (χ4n) is 0. The fraction of sp³-hybridized carbons (Fsp3) is 0. The Morgan fingerprint density at radius 1 is 1.11 bits per heavy atom. The van der Waals surface area contributed by atoms with Gasteiger partial charge in [0, 0.05) is 0 Å². The van der Waals surface area contributed by atoms with Crippen molar-refractivity contribution in [2.24, 2.45) is 0 Å². The molecule has 0 fully saturated rings. The van der Waals surface area contributed by atoms with Crippen LogP contribution in [0.4, 0.5) is 0 Å². The second-order valence-corrected chi connectivity index (χ2v) is 0.447. The monoisotopic (exact) mass is 330 g/mol. The van der Waals surface area contributed by atoms with Crippen LogP contribution in [0.25, 0.3) is 0 Å². The number of hydrogen-bond acceptors (Lipinski definition) is 5. The molecule has 0 spiro atoms. The molecule has 0 rings (SSSR count). The molecule has 0 aliphatic carbocycles. The zero-order valence-corrected chi connectivity index (χ0v) is 15.1. The largest absolute Gasteiger partial charge is 2.00 e. The summed E-state index contributed by atoms with van der Waals surface area (Å²) in [6.07, 6.45) is 0. The molecule has 0 radical (unpaired) electrons. The Labute approximate surface area is 81.8 Å². The predicted molar refractivity (Wildman–Crippen MR) is 27.4 cm³/mol. The molecule has 0 bridgehead atoms. The van der Waals surface area contributed by atoms with E-state index in [1.54, 1.807) is 0 Å². The smallest absolute Gasteiger partial charge is 2.00 e. The molecule has 1 N–H and O–H groups in total. The van der Waals surface area contributed by atoms with Crippen LogP contribution in [-0.2, 0) is 28.6 Å². The number of rotatable bonds is 0. The van der Waals surface area contributed by atoms with Gasteiger partial charge in [0.2, 0.25) is 0 Å². The van der Waals surface area contributed by atoms with E-state index in [4.69, 9.17) is 22.4 Å². The van der Waals surface area contributed by atoms with Crippen LogP contribution in [0.3, 0.4) is 0 Å². The van der Waals surface area contributed by atoms with E-state index in [9.17, 15) is 0 Å². The standard InChI is InChI=1S/2HO2P.H2O.Sn.Zn.3H/c2*1-3-2;;;;;;/h2*(H,1,2);1H2;;;;;/q;;;+1;+2;;;/p-3. The van der Waals surface area contributed by atoms with E-state index in [-0.39, 0.29) is 42.4 Å². The van der Waals surface area contributed by atoms with Crippen LogP contribution in [-0.4, -0.2) is 26.4 Å². The minimum atomic E-state index is -1.08. The molecule has 0 unspecified atom stereocenters. The van der Waals surface area contributed by atoms with Gasteiger partial charge < -0.3 is 9.79 Å². The Morgan fingerprint density at radius 3 is 1.11 bits per heavy atom. The molecule has 0 atom stereocenters. The molecule has 0 aromatic rings. The van der Waals surface area contributed by atoms with E-state index >= 15 is 0 Å². The summed E-state index contributed by atoms with van der Waals surface area (Å²) in [5, 5.41) is 0. The third-order valence-corrected chi connectivity index (χ3v) is 0. The first kappa shape index (κ1) is 22.4. The van der Waals surface area contributed by atoms with Crippen molar-refractivity contribution >= 4 is 40.3 Å². The third-order valence-electron chi connectivity index (χ3n) is 0. The van der Waals surface area contributed by atoms with Crippen molar-refractivity contribution in [3.8, 4) is 0 Å². The molecule has 0 aromatic carbocycles. The minimum Gasteiger partial charge on any atom is 2.00 e. The quantitative estimate of drug-likeness (QED) is 0.387. The number of hydrogen-bond donors (Lipinski definition) is 1. The molecule has 9 heavy (non-hydrogen) atoms. The maximum atomic E-state index is 8.35. The first-order chi connectivity index (χ1) is 3.83. The van der Waals surface area contributed by atoms with Crippen LogP contribution in [0.1, 0.15) is 0 Å². The molecule has 0 heterocycles. The van der Waals surface area contributed by atoms with Gasteiger partial charge in [-0.2, -0.15) is 0 Å². The first-order valence-electron chi connectivity index (χ1n) is 1.18. The van der Waals surface area contributed by atoms with Crippen molar-refractivity contribution in [3.05, 3.63) is 0 Å². The molecule has 0 aliphatic heterocycles. The molecular formula is H4O5P2SnZn. The molecule has 0 saturated heterocycles. The minimum absolute atomic E-state index is 0. The van der Waals surface area contributed by atoms with Crippen LogP contribution in [0.15, 0.2) is 0 Å². The molecule has 50 valence electrons. The van der Waals surface area contributed by atoms with Gasteiger partial charge in [-0.3, -0.25) is 9.13 Å². The van der Waals surface area contributed by atoms with Crippen molar-refractivity contribution in [3.63, 3.8) is 0 Å². The zero-order valence-electron chi connectivity index (χ0n) is 4.68. The molecule has 0 aromatic heterocycles. The van der Waals surface area contributed by atoms with Crippen molar-refractivity contribution in [2.45, 2.75) is 0 Å². The Kier molecular flexibility index (Phi) is 140. The maximum Gasteiger partial charge on any atom is 2.00 e. The molecular weight excluding hydrogens is 326 g/mol. The second kappa shape index (κ2) is 56.0.